The lowest BCUT2D eigenvalue weighted by atomic mass is 9.83. The van der Waals surface area contributed by atoms with E-state index in [0.717, 1.165) is 35.3 Å². The van der Waals surface area contributed by atoms with Crippen molar-refractivity contribution in [2.45, 2.75) is 39.0 Å². The quantitative estimate of drug-likeness (QED) is 0.452. The van der Waals surface area contributed by atoms with Crippen LogP contribution in [0.15, 0.2) is 60.7 Å². The summed E-state index contributed by atoms with van der Waals surface area (Å²) >= 11 is 0. The maximum atomic E-state index is 11.3. The minimum atomic E-state index is -2.46. The molecule has 0 saturated carbocycles. The number of carboxylic acids is 1. The van der Waals surface area contributed by atoms with Crippen LogP contribution in [0, 0.1) is 0 Å². The SMILES string of the molecule is [2H]C([2H])(O)COc1ccc(-c2ccc(C(=O)O)cc2)cc1-c1ccc(N2CCCC2)c(C(C)(C)C)c1. The van der Waals surface area contributed by atoms with E-state index in [1.165, 1.54) is 24.1 Å². The van der Waals surface area contributed by atoms with Crippen LogP contribution in [0.1, 0.15) is 52.3 Å². The summed E-state index contributed by atoms with van der Waals surface area (Å²) in [7, 11) is 0. The first-order valence-electron chi connectivity index (χ1n) is 12.7. The van der Waals surface area contributed by atoms with E-state index in [0.29, 0.717) is 5.75 Å². The van der Waals surface area contributed by atoms with Crippen molar-refractivity contribution in [3.8, 4) is 28.0 Å². The van der Waals surface area contributed by atoms with E-state index in [-0.39, 0.29) is 11.0 Å². The van der Waals surface area contributed by atoms with Crippen molar-refractivity contribution in [2.75, 3.05) is 31.2 Å². The average molecular weight is 462 g/mol. The molecule has 4 rings (SSSR count). The van der Waals surface area contributed by atoms with Crippen LogP contribution >= 0.6 is 0 Å². The molecule has 1 aliphatic heterocycles. The fourth-order valence-electron chi connectivity index (χ4n) is 4.51. The molecular weight excluding hydrogens is 426 g/mol. The van der Waals surface area contributed by atoms with Crippen molar-refractivity contribution in [1.29, 1.82) is 0 Å². The van der Waals surface area contributed by atoms with Gasteiger partial charge in [-0.15, -0.1) is 0 Å². The largest absolute Gasteiger partial charge is 0.491 e. The maximum Gasteiger partial charge on any atom is 0.335 e. The van der Waals surface area contributed by atoms with Crippen molar-refractivity contribution >= 4 is 11.7 Å². The molecule has 2 N–H and O–H groups in total. The van der Waals surface area contributed by atoms with Crippen molar-refractivity contribution in [3.05, 3.63) is 71.8 Å². The molecule has 1 saturated heterocycles. The molecule has 0 spiro atoms. The number of benzene rings is 3. The van der Waals surface area contributed by atoms with Gasteiger partial charge in [0.15, 0.2) is 0 Å². The van der Waals surface area contributed by atoms with Gasteiger partial charge in [-0.05, 0) is 76.9 Å². The lowest BCUT2D eigenvalue weighted by Gasteiger charge is -2.29. The summed E-state index contributed by atoms with van der Waals surface area (Å²) in [4.78, 5) is 13.7. The Bertz CT molecular complexity index is 1240. The molecule has 5 nitrogen and oxygen atoms in total. The number of rotatable bonds is 7. The highest BCUT2D eigenvalue weighted by atomic mass is 16.5. The summed E-state index contributed by atoms with van der Waals surface area (Å²) in [5.41, 5.74) is 6.02. The van der Waals surface area contributed by atoms with Crippen molar-refractivity contribution in [2.24, 2.45) is 0 Å². The fraction of sp³-hybridized carbons (Fsp3) is 0.345. The van der Waals surface area contributed by atoms with E-state index in [1.54, 1.807) is 30.3 Å². The Morgan fingerprint density at radius 2 is 1.62 bits per heavy atom. The van der Waals surface area contributed by atoms with Crippen LogP contribution in [0.3, 0.4) is 0 Å². The highest BCUT2D eigenvalue weighted by molar-refractivity contribution is 5.88. The van der Waals surface area contributed by atoms with Crippen molar-refractivity contribution < 1.29 is 22.5 Å². The molecule has 1 fully saturated rings. The molecule has 1 heterocycles. The minimum Gasteiger partial charge on any atom is -0.491 e. The maximum absolute atomic E-state index is 11.3. The van der Waals surface area contributed by atoms with E-state index in [4.69, 9.17) is 7.48 Å². The van der Waals surface area contributed by atoms with E-state index in [2.05, 4.69) is 43.9 Å². The average Bonchev–Trinajstić information content (AvgIpc) is 3.36. The molecule has 0 unspecified atom stereocenters. The number of carboxylic acid groups (broad SMARTS) is 1. The monoisotopic (exact) mass is 461 g/mol. The third kappa shape index (κ3) is 5.10. The van der Waals surface area contributed by atoms with Crippen LogP contribution in [-0.2, 0) is 5.41 Å². The van der Waals surface area contributed by atoms with Gasteiger partial charge in [0.05, 0.1) is 14.9 Å². The van der Waals surface area contributed by atoms with Gasteiger partial charge in [0, 0.05) is 24.3 Å². The molecule has 34 heavy (non-hydrogen) atoms. The number of aliphatic hydroxyl groups is 1. The van der Waals surface area contributed by atoms with Gasteiger partial charge in [-0.3, -0.25) is 0 Å². The summed E-state index contributed by atoms with van der Waals surface area (Å²) < 4.78 is 20.7. The summed E-state index contributed by atoms with van der Waals surface area (Å²) in [6, 6.07) is 18.7. The van der Waals surface area contributed by atoms with Crippen molar-refractivity contribution in [3.63, 3.8) is 0 Å². The molecule has 178 valence electrons. The van der Waals surface area contributed by atoms with Crippen LogP contribution in [0.4, 0.5) is 5.69 Å². The van der Waals surface area contributed by atoms with Crippen molar-refractivity contribution in [1.82, 2.24) is 0 Å². The van der Waals surface area contributed by atoms with E-state index in [1.807, 2.05) is 12.1 Å². The number of carbonyl (C=O) groups is 1. The smallest absolute Gasteiger partial charge is 0.335 e. The van der Waals surface area contributed by atoms with Gasteiger partial charge >= 0.3 is 5.97 Å². The van der Waals surface area contributed by atoms with Crippen LogP contribution in [-0.4, -0.2) is 42.4 Å². The Kier molecular flexibility index (Phi) is 6.18. The Labute approximate surface area is 204 Å². The zero-order valence-electron chi connectivity index (χ0n) is 22.0. The Morgan fingerprint density at radius 1 is 0.971 bits per heavy atom. The molecule has 5 heteroatoms. The third-order valence-corrected chi connectivity index (χ3v) is 6.30. The molecule has 0 amide bonds. The summed E-state index contributed by atoms with van der Waals surface area (Å²) in [5.74, 6) is -0.510. The number of anilines is 1. The molecule has 0 radical (unpaired) electrons. The molecule has 0 aromatic heterocycles. The third-order valence-electron chi connectivity index (χ3n) is 6.30. The molecular formula is C29H33NO4. The number of nitrogens with zero attached hydrogens (tertiary/aromatic N) is 1. The Balaban J connectivity index is 1.81. The predicted octanol–water partition coefficient (Wildman–Crippen LogP) is 5.99. The molecule has 0 aliphatic carbocycles. The second-order valence-electron chi connectivity index (χ2n) is 9.72. The number of hydrogen-bond donors (Lipinski definition) is 2. The normalized spacial score (nSPS) is 15.1. The van der Waals surface area contributed by atoms with Gasteiger partial charge in [-0.2, -0.15) is 0 Å². The number of hydrogen-bond acceptors (Lipinski definition) is 4. The standard InChI is InChI=1S/C29H33NO4/c1-29(2,3)25-19-23(10-12-26(25)30-14-4-5-15-30)24-18-22(11-13-27(24)34-17-16-31)20-6-8-21(9-7-20)28(32)33/h6-13,18-19,31H,4-5,14-17H2,1-3H3,(H,32,33)/i16D2. The summed E-state index contributed by atoms with van der Waals surface area (Å²) in [6.07, 6.45) is 2.38. The fourth-order valence-corrected chi connectivity index (χ4v) is 4.51. The van der Waals surface area contributed by atoms with Gasteiger partial charge < -0.3 is 19.8 Å². The second-order valence-corrected chi connectivity index (χ2v) is 9.72. The number of ether oxygens (including phenoxy) is 1. The van der Waals surface area contributed by atoms with Gasteiger partial charge in [0.25, 0.3) is 0 Å². The predicted molar refractivity (Wildman–Crippen MR) is 137 cm³/mol. The molecule has 3 aromatic rings. The van der Waals surface area contributed by atoms with E-state index < -0.39 is 19.1 Å². The van der Waals surface area contributed by atoms with E-state index in [9.17, 15) is 15.0 Å². The van der Waals surface area contributed by atoms with Gasteiger partial charge in [-0.25, -0.2) is 4.79 Å². The Hall–Kier alpha value is -3.31. The topological polar surface area (TPSA) is 70.0 Å². The first-order chi connectivity index (χ1) is 16.9. The molecule has 3 aromatic carbocycles. The number of aromatic carboxylic acids is 1. The lowest BCUT2D eigenvalue weighted by Crippen LogP contribution is -2.23. The Morgan fingerprint density at radius 3 is 2.24 bits per heavy atom. The molecule has 0 atom stereocenters. The second kappa shape index (κ2) is 9.90. The van der Waals surface area contributed by atoms with Crippen LogP contribution < -0.4 is 9.64 Å². The highest BCUT2D eigenvalue weighted by Crippen LogP contribution is 2.40. The summed E-state index contributed by atoms with van der Waals surface area (Å²) in [6.45, 7) is 5.73. The summed E-state index contributed by atoms with van der Waals surface area (Å²) in [5, 5.41) is 18.8. The zero-order valence-corrected chi connectivity index (χ0v) is 20.0. The first-order valence-corrected chi connectivity index (χ1v) is 11.7. The lowest BCUT2D eigenvalue weighted by molar-refractivity contribution is 0.0697. The highest BCUT2D eigenvalue weighted by Gasteiger charge is 2.24. The minimum absolute atomic E-state index is 0.0954. The van der Waals surface area contributed by atoms with Gasteiger partial charge in [0.2, 0.25) is 0 Å². The van der Waals surface area contributed by atoms with Crippen LogP contribution in [0.5, 0.6) is 5.75 Å². The zero-order chi connectivity index (χ0) is 26.1. The van der Waals surface area contributed by atoms with Gasteiger partial charge in [0.1, 0.15) is 12.4 Å². The molecule has 1 aliphatic rings. The van der Waals surface area contributed by atoms with Gasteiger partial charge in [-0.1, -0.05) is 45.0 Å². The molecule has 0 bridgehead atoms. The van der Waals surface area contributed by atoms with Crippen LogP contribution in [0.2, 0.25) is 0 Å². The first kappa shape index (κ1) is 21.2. The van der Waals surface area contributed by atoms with E-state index >= 15 is 0 Å². The van der Waals surface area contributed by atoms with Crippen LogP contribution in [0.25, 0.3) is 22.3 Å².